The number of aromatic nitrogens is 2. The van der Waals surface area contributed by atoms with E-state index < -0.39 is 17.2 Å². The van der Waals surface area contributed by atoms with Gasteiger partial charge in [0, 0.05) is 20.2 Å². The van der Waals surface area contributed by atoms with Crippen LogP contribution in [-0.2, 0) is 32.0 Å². The Morgan fingerprint density at radius 1 is 0.844 bits per heavy atom. The molecule has 0 unspecified atom stereocenters. The second-order valence-corrected chi connectivity index (χ2v) is 7.39. The van der Waals surface area contributed by atoms with Crippen molar-refractivity contribution in [2.75, 3.05) is 0 Å². The molecule has 9 nitrogen and oxygen atoms in total. The maximum atomic E-state index is 12.6. The van der Waals surface area contributed by atoms with E-state index in [0.717, 1.165) is 9.47 Å². The van der Waals surface area contributed by atoms with Gasteiger partial charge in [0.1, 0.15) is 6.61 Å². The van der Waals surface area contributed by atoms with E-state index in [-0.39, 0.29) is 36.2 Å². The van der Waals surface area contributed by atoms with Gasteiger partial charge in [0.05, 0.1) is 28.9 Å². The molecule has 1 aliphatic rings. The molecule has 162 valence electrons. The first-order valence-corrected chi connectivity index (χ1v) is 9.75. The number of ether oxygens (including phenoxy) is 1. The SMILES string of the molecule is Cn1c(COC(=O)c2cccc(CN3C(=O)c4ccccc4C3=O)c2)cc(=O)n(C)c1=O. The number of imide groups is 1. The van der Waals surface area contributed by atoms with Crippen molar-refractivity contribution in [1.29, 1.82) is 0 Å². The summed E-state index contributed by atoms with van der Waals surface area (Å²) >= 11 is 0. The largest absolute Gasteiger partial charge is 0.456 e. The Bertz CT molecular complexity index is 1350. The van der Waals surface area contributed by atoms with Crippen LogP contribution in [0.15, 0.2) is 64.2 Å². The van der Waals surface area contributed by atoms with Crippen molar-refractivity contribution in [2.45, 2.75) is 13.2 Å². The van der Waals surface area contributed by atoms with Crippen LogP contribution >= 0.6 is 0 Å². The Morgan fingerprint density at radius 2 is 1.50 bits per heavy atom. The Morgan fingerprint density at radius 3 is 2.16 bits per heavy atom. The minimum Gasteiger partial charge on any atom is -0.456 e. The second kappa shape index (κ2) is 8.10. The van der Waals surface area contributed by atoms with Crippen LogP contribution in [-0.4, -0.2) is 31.8 Å². The van der Waals surface area contributed by atoms with Crippen LogP contribution in [0.4, 0.5) is 0 Å². The lowest BCUT2D eigenvalue weighted by Crippen LogP contribution is -2.38. The fraction of sp³-hybridized carbons (Fsp3) is 0.174. The van der Waals surface area contributed by atoms with Crippen molar-refractivity contribution < 1.29 is 19.1 Å². The van der Waals surface area contributed by atoms with E-state index >= 15 is 0 Å². The highest BCUT2D eigenvalue weighted by Gasteiger charge is 2.35. The molecule has 0 fully saturated rings. The lowest BCUT2D eigenvalue weighted by Gasteiger charge is -2.14. The third-order valence-electron chi connectivity index (χ3n) is 5.36. The van der Waals surface area contributed by atoms with E-state index in [2.05, 4.69) is 0 Å². The fourth-order valence-corrected chi connectivity index (χ4v) is 3.50. The zero-order chi connectivity index (χ0) is 23.0. The molecule has 9 heteroatoms. The minimum atomic E-state index is -0.665. The molecule has 0 N–H and O–H groups in total. The molecule has 0 saturated carbocycles. The summed E-state index contributed by atoms with van der Waals surface area (Å²) in [6.07, 6.45) is 0. The van der Waals surface area contributed by atoms with Gasteiger partial charge in [-0.1, -0.05) is 24.3 Å². The number of amides is 2. The predicted molar refractivity (Wildman–Crippen MR) is 113 cm³/mol. The number of fused-ring (bicyclic) bond motifs is 1. The molecule has 32 heavy (non-hydrogen) atoms. The monoisotopic (exact) mass is 433 g/mol. The average molecular weight is 433 g/mol. The molecule has 1 aromatic heterocycles. The van der Waals surface area contributed by atoms with Crippen LogP contribution in [0.5, 0.6) is 0 Å². The van der Waals surface area contributed by atoms with Gasteiger partial charge in [-0.15, -0.1) is 0 Å². The smallest absolute Gasteiger partial charge is 0.338 e. The molecule has 0 atom stereocenters. The Hall–Kier alpha value is -4.27. The number of benzene rings is 2. The maximum absolute atomic E-state index is 12.6. The molecule has 4 rings (SSSR count). The minimum absolute atomic E-state index is 0.0106. The molecule has 0 aliphatic carbocycles. The summed E-state index contributed by atoms with van der Waals surface area (Å²) in [5.41, 5.74) is 0.741. The Labute approximate surface area is 182 Å². The number of carbonyl (C=O) groups excluding carboxylic acids is 3. The summed E-state index contributed by atoms with van der Waals surface area (Å²) in [7, 11) is 2.84. The molecule has 3 aromatic rings. The molecule has 0 spiro atoms. The van der Waals surface area contributed by atoms with E-state index in [9.17, 15) is 24.0 Å². The first kappa shape index (κ1) is 21.0. The molecular weight excluding hydrogens is 414 g/mol. The third-order valence-corrected chi connectivity index (χ3v) is 5.36. The van der Waals surface area contributed by atoms with Gasteiger partial charge in [0.25, 0.3) is 17.4 Å². The van der Waals surface area contributed by atoms with Crippen LogP contribution in [0.25, 0.3) is 0 Å². The van der Waals surface area contributed by atoms with Crippen LogP contribution in [0, 0.1) is 0 Å². The van der Waals surface area contributed by atoms with Gasteiger partial charge >= 0.3 is 11.7 Å². The quantitative estimate of drug-likeness (QED) is 0.443. The molecule has 2 heterocycles. The van der Waals surface area contributed by atoms with Gasteiger partial charge in [-0.2, -0.15) is 0 Å². The normalized spacial score (nSPS) is 12.8. The standard InChI is InChI=1S/C23H19N3O6/c1-24-16(11-19(27)25(2)23(24)31)13-32-22(30)15-7-5-6-14(10-15)12-26-20(28)17-8-3-4-9-18(17)21(26)29/h3-11H,12-13H2,1-2H3. The van der Waals surface area contributed by atoms with E-state index in [4.69, 9.17) is 4.74 Å². The Kier molecular flexibility index (Phi) is 5.31. The highest BCUT2D eigenvalue weighted by molar-refractivity contribution is 6.21. The molecule has 1 aliphatic heterocycles. The van der Waals surface area contributed by atoms with Crippen molar-refractivity contribution in [3.63, 3.8) is 0 Å². The molecule has 0 bridgehead atoms. The highest BCUT2D eigenvalue weighted by Crippen LogP contribution is 2.24. The third kappa shape index (κ3) is 3.64. The van der Waals surface area contributed by atoms with Crippen molar-refractivity contribution in [3.8, 4) is 0 Å². The van der Waals surface area contributed by atoms with Gasteiger partial charge in [-0.25, -0.2) is 9.59 Å². The summed E-state index contributed by atoms with van der Waals surface area (Å²) in [5, 5.41) is 0. The van der Waals surface area contributed by atoms with Crippen molar-refractivity contribution in [1.82, 2.24) is 14.0 Å². The lowest BCUT2D eigenvalue weighted by atomic mass is 10.1. The summed E-state index contributed by atoms with van der Waals surface area (Å²) in [5.74, 6) is -1.43. The van der Waals surface area contributed by atoms with Gasteiger partial charge in [-0.05, 0) is 29.8 Å². The van der Waals surface area contributed by atoms with Crippen molar-refractivity contribution in [3.05, 3.63) is 103 Å². The van der Waals surface area contributed by atoms with Crippen molar-refractivity contribution >= 4 is 17.8 Å². The van der Waals surface area contributed by atoms with Crippen LogP contribution < -0.4 is 11.2 Å². The molecular formula is C23H19N3O6. The van der Waals surface area contributed by atoms with Crippen molar-refractivity contribution in [2.24, 2.45) is 14.1 Å². The molecule has 2 amide bonds. The summed E-state index contributed by atoms with van der Waals surface area (Å²) < 4.78 is 7.45. The highest BCUT2D eigenvalue weighted by atomic mass is 16.5. The number of hydrogen-bond donors (Lipinski definition) is 0. The van der Waals surface area contributed by atoms with Gasteiger partial charge in [0.2, 0.25) is 0 Å². The van der Waals surface area contributed by atoms with Gasteiger partial charge < -0.3 is 4.74 Å². The zero-order valence-electron chi connectivity index (χ0n) is 17.4. The number of hydrogen-bond acceptors (Lipinski definition) is 6. The first-order valence-electron chi connectivity index (χ1n) is 9.75. The fourth-order valence-electron chi connectivity index (χ4n) is 3.50. The van der Waals surface area contributed by atoms with E-state index in [1.54, 1.807) is 36.4 Å². The maximum Gasteiger partial charge on any atom is 0.338 e. The number of carbonyl (C=O) groups is 3. The van der Waals surface area contributed by atoms with Crippen LogP contribution in [0.3, 0.4) is 0 Å². The summed E-state index contributed by atoms with van der Waals surface area (Å²) in [4.78, 5) is 62.6. The lowest BCUT2D eigenvalue weighted by molar-refractivity contribution is 0.0462. The molecule has 0 saturated heterocycles. The summed E-state index contributed by atoms with van der Waals surface area (Å²) in [6.45, 7) is -0.250. The topological polar surface area (TPSA) is 108 Å². The average Bonchev–Trinajstić information content (AvgIpc) is 3.04. The Balaban J connectivity index is 1.49. The van der Waals surface area contributed by atoms with E-state index in [1.807, 2.05) is 0 Å². The van der Waals surface area contributed by atoms with Crippen LogP contribution in [0.1, 0.15) is 42.3 Å². The van der Waals surface area contributed by atoms with E-state index in [1.165, 1.54) is 36.9 Å². The number of rotatable bonds is 5. The summed E-state index contributed by atoms with van der Waals surface area (Å²) in [6, 6.07) is 14.2. The second-order valence-electron chi connectivity index (χ2n) is 7.39. The first-order chi connectivity index (χ1) is 15.3. The number of esters is 1. The van der Waals surface area contributed by atoms with E-state index in [0.29, 0.717) is 16.7 Å². The predicted octanol–water partition coefficient (Wildman–Crippen LogP) is 1.24. The molecule has 2 aromatic carbocycles. The van der Waals surface area contributed by atoms with Crippen LogP contribution in [0.2, 0.25) is 0 Å². The molecule has 0 radical (unpaired) electrons. The number of nitrogens with zero attached hydrogens (tertiary/aromatic N) is 3. The zero-order valence-corrected chi connectivity index (χ0v) is 17.4. The van der Waals surface area contributed by atoms with Gasteiger partial charge in [-0.3, -0.25) is 28.4 Å². The van der Waals surface area contributed by atoms with Gasteiger partial charge in [0.15, 0.2) is 0 Å².